The Morgan fingerprint density at radius 1 is 1.19 bits per heavy atom. The van der Waals surface area contributed by atoms with E-state index in [4.69, 9.17) is 5.11 Å². The maximum atomic E-state index is 12.4. The number of benzene rings is 1. The molecular weight excluding hydrogens is 332 g/mol. The lowest BCUT2D eigenvalue weighted by atomic mass is 9.98. The number of carbonyl (C=O) groups excluding carboxylic acids is 2. The highest BCUT2D eigenvalue weighted by molar-refractivity contribution is 5.85. The number of amides is 2. The van der Waals surface area contributed by atoms with Crippen LogP contribution in [0.25, 0.3) is 0 Å². The molecule has 142 valence electrons. The Balaban J connectivity index is 1.80. The standard InChI is InChI=1S/C20H28N2O4/c1-3-15-6-8-16(9-7-15)10-11-18(23)21(2)14-19(24)22-12-4-5-17(13-22)20(25)26/h6-9,17H,3-5,10-14H2,1-2H3,(H,25,26)/t17-/m0/s1. The van der Waals surface area contributed by atoms with Crippen molar-refractivity contribution in [3.63, 3.8) is 0 Å². The summed E-state index contributed by atoms with van der Waals surface area (Å²) in [4.78, 5) is 38.8. The molecule has 1 heterocycles. The van der Waals surface area contributed by atoms with E-state index in [1.165, 1.54) is 10.5 Å². The van der Waals surface area contributed by atoms with Gasteiger partial charge in [-0.2, -0.15) is 0 Å². The third-order valence-corrected chi connectivity index (χ3v) is 4.98. The van der Waals surface area contributed by atoms with Crippen molar-refractivity contribution in [1.29, 1.82) is 0 Å². The fourth-order valence-electron chi connectivity index (χ4n) is 3.18. The Kier molecular flexibility index (Phi) is 7.18. The lowest BCUT2D eigenvalue weighted by Crippen LogP contribution is -2.46. The number of aryl methyl sites for hydroxylation is 2. The van der Waals surface area contributed by atoms with Gasteiger partial charge in [0, 0.05) is 26.6 Å². The second-order valence-corrected chi connectivity index (χ2v) is 6.94. The van der Waals surface area contributed by atoms with E-state index in [0.29, 0.717) is 32.2 Å². The van der Waals surface area contributed by atoms with Crippen LogP contribution in [-0.2, 0) is 27.2 Å². The molecule has 1 aromatic rings. The number of nitrogens with zero attached hydrogens (tertiary/aromatic N) is 2. The number of carboxylic acid groups (broad SMARTS) is 1. The monoisotopic (exact) mass is 360 g/mol. The number of likely N-dealkylation sites (N-methyl/N-ethyl adjacent to an activating group) is 1. The number of carboxylic acids is 1. The molecule has 1 aliphatic rings. The summed E-state index contributed by atoms with van der Waals surface area (Å²) >= 11 is 0. The molecule has 1 atom stereocenters. The van der Waals surface area contributed by atoms with Crippen LogP contribution in [0.1, 0.15) is 37.3 Å². The summed E-state index contributed by atoms with van der Waals surface area (Å²) in [6, 6.07) is 8.22. The summed E-state index contributed by atoms with van der Waals surface area (Å²) in [6.07, 6.45) is 3.28. The highest BCUT2D eigenvalue weighted by atomic mass is 16.4. The molecule has 1 N–H and O–H groups in total. The zero-order chi connectivity index (χ0) is 19.1. The van der Waals surface area contributed by atoms with Gasteiger partial charge in [0.15, 0.2) is 0 Å². The average Bonchev–Trinajstić information content (AvgIpc) is 2.66. The molecule has 2 amide bonds. The number of rotatable bonds is 7. The number of aliphatic carboxylic acids is 1. The van der Waals surface area contributed by atoms with Crippen molar-refractivity contribution in [2.75, 3.05) is 26.7 Å². The van der Waals surface area contributed by atoms with Gasteiger partial charge in [-0.3, -0.25) is 14.4 Å². The SMILES string of the molecule is CCc1ccc(CCC(=O)N(C)CC(=O)N2CCC[C@H](C(=O)O)C2)cc1. The van der Waals surface area contributed by atoms with E-state index in [-0.39, 0.29) is 24.9 Å². The van der Waals surface area contributed by atoms with Crippen molar-refractivity contribution >= 4 is 17.8 Å². The van der Waals surface area contributed by atoms with Gasteiger partial charge in [0.05, 0.1) is 12.5 Å². The summed E-state index contributed by atoms with van der Waals surface area (Å²) < 4.78 is 0. The Labute approximate surface area is 154 Å². The summed E-state index contributed by atoms with van der Waals surface area (Å²) in [6.45, 7) is 2.90. The minimum atomic E-state index is -0.860. The van der Waals surface area contributed by atoms with Crippen molar-refractivity contribution in [2.24, 2.45) is 5.92 Å². The first-order valence-electron chi connectivity index (χ1n) is 9.23. The first-order valence-corrected chi connectivity index (χ1v) is 9.23. The van der Waals surface area contributed by atoms with Crippen LogP contribution in [0.4, 0.5) is 0 Å². The average molecular weight is 360 g/mol. The first-order chi connectivity index (χ1) is 12.4. The molecule has 1 fully saturated rings. The van der Waals surface area contributed by atoms with Gasteiger partial charge in [-0.1, -0.05) is 31.2 Å². The Bertz CT molecular complexity index is 642. The molecule has 0 bridgehead atoms. The van der Waals surface area contributed by atoms with E-state index >= 15 is 0 Å². The molecule has 1 saturated heterocycles. The quantitative estimate of drug-likeness (QED) is 0.806. The molecule has 2 rings (SSSR count). The van der Waals surface area contributed by atoms with Crippen LogP contribution >= 0.6 is 0 Å². The minimum absolute atomic E-state index is 0.0000546. The van der Waals surface area contributed by atoms with Crippen LogP contribution in [0.3, 0.4) is 0 Å². The van der Waals surface area contributed by atoms with Crippen molar-refractivity contribution in [3.05, 3.63) is 35.4 Å². The predicted octanol–water partition coefficient (Wildman–Crippen LogP) is 1.96. The number of piperidine rings is 1. The fraction of sp³-hybridized carbons (Fsp3) is 0.550. The van der Waals surface area contributed by atoms with E-state index < -0.39 is 11.9 Å². The van der Waals surface area contributed by atoms with E-state index in [1.54, 1.807) is 11.9 Å². The molecule has 0 spiro atoms. The van der Waals surface area contributed by atoms with Gasteiger partial charge >= 0.3 is 5.97 Å². The maximum Gasteiger partial charge on any atom is 0.308 e. The Hall–Kier alpha value is -2.37. The van der Waals surface area contributed by atoms with Gasteiger partial charge in [0.2, 0.25) is 11.8 Å². The molecule has 6 nitrogen and oxygen atoms in total. The maximum absolute atomic E-state index is 12.4. The number of likely N-dealkylation sites (tertiary alicyclic amines) is 1. The van der Waals surface area contributed by atoms with Crippen molar-refractivity contribution in [2.45, 2.75) is 39.0 Å². The van der Waals surface area contributed by atoms with Gasteiger partial charge in [-0.25, -0.2) is 0 Å². The summed E-state index contributed by atoms with van der Waals surface area (Å²) in [5, 5.41) is 9.12. The zero-order valence-electron chi connectivity index (χ0n) is 15.6. The third kappa shape index (κ3) is 5.58. The Morgan fingerprint density at radius 3 is 2.46 bits per heavy atom. The van der Waals surface area contributed by atoms with E-state index in [0.717, 1.165) is 12.0 Å². The smallest absolute Gasteiger partial charge is 0.308 e. The molecular formula is C20H28N2O4. The summed E-state index contributed by atoms with van der Waals surface area (Å²) in [5.41, 5.74) is 2.37. The molecule has 1 aromatic carbocycles. The molecule has 0 aliphatic carbocycles. The Morgan fingerprint density at radius 2 is 1.85 bits per heavy atom. The van der Waals surface area contributed by atoms with E-state index in [1.807, 2.05) is 12.1 Å². The van der Waals surface area contributed by atoms with Crippen LogP contribution in [0.2, 0.25) is 0 Å². The van der Waals surface area contributed by atoms with E-state index in [2.05, 4.69) is 19.1 Å². The van der Waals surface area contributed by atoms with Gasteiger partial charge in [0.1, 0.15) is 0 Å². The van der Waals surface area contributed by atoms with Crippen LogP contribution in [0.5, 0.6) is 0 Å². The minimum Gasteiger partial charge on any atom is -0.481 e. The number of carbonyl (C=O) groups is 3. The second-order valence-electron chi connectivity index (χ2n) is 6.94. The van der Waals surface area contributed by atoms with Crippen LogP contribution in [0, 0.1) is 5.92 Å². The van der Waals surface area contributed by atoms with Crippen LogP contribution in [-0.4, -0.2) is 59.4 Å². The molecule has 26 heavy (non-hydrogen) atoms. The molecule has 0 aromatic heterocycles. The van der Waals surface area contributed by atoms with Crippen molar-refractivity contribution in [1.82, 2.24) is 9.80 Å². The lowest BCUT2D eigenvalue weighted by Gasteiger charge is -2.32. The normalized spacial score (nSPS) is 17.0. The number of hydrogen-bond acceptors (Lipinski definition) is 3. The largest absolute Gasteiger partial charge is 0.481 e. The number of hydrogen-bond donors (Lipinski definition) is 1. The first kappa shape index (κ1) is 19.9. The predicted molar refractivity (Wildman–Crippen MR) is 98.7 cm³/mol. The van der Waals surface area contributed by atoms with Crippen molar-refractivity contribution in [3.8, 4) is 0 Å². The second kappa shape index (κ2) is 9.36. The topological polar surface area (TPSA) is 77.9 Å². The van der Waals surface area contributed by atoms with Gasteiger partial charge < -0.3 is 14.9 Å². The zero-order valence-corrected chi connectivity index (χ0v) is 15.6. The molecule has 0 unspecified atom stereocenters. The summed E-state index contributed by atoms with van der Waals surface area (Å²) in [7, 11) is 1.62. The van der Waals surface area contributed by atoms with E-state index in [9.17, 15) is 14.4 Å². The highest BCUT2D eigenvalue weighted by Gasteiger charge is 2.28. The molecule has 0 saturated carbocycles. The van der Waals surface area contributed by atoms with Crippen molar-refractivity contribution < 1.29 is 19.5 Å². The van der Waals surface area contributed by atoms with Gasteiger partial charge in [-0.05, 0) is 36.8 Å². The fourth-order valence-corrected chi connectivity index (χ4v) is 3.18. The highest BCUT2D eigenvalue weighted by Crippen LogP contribution is 2.17. The van der Waals surface area contributed by atoms with Crippen LogP contribution in [0.15, 0.2) is 24.3 Å². The van der Waals surface area contributed by atoms with Crippen LogP contribution < -0.4 is 0 Å². The molecule has 6 heteroatoms. The lowest BCUT2D eigenvalue weighted by molar-refractivity contribution is -0.147. The summed E-state index contributed by atoms with van der Waals surface area (Å²) in [5.74, 6) is -1.62. The molecule has 0 radical (unpaired) electrons. The molecule has 1 aliphatic heterocycles. The van der Waals surface area contributed by atoms with Gasteiger partial charge in [-0.15, -0.1) is 0 Å². The third-order valence-electron chi connectivity index (χ3n) is 4.98. The van der Waals surface area contributed by atoms with Gasteiger partial charge in [0.25, 0.3) is 0 Å².